The van der Waals surface area contributed by atoms with Crippen LogP contribution in [-0.4, -0.2) is 48.6 Å². The van der Waals surface area contributed by atoms with Gasteiger partial charge in [0, 0.05) is 6.54 Å². The molecule has 0 bridgehead atoms. The second-order valence-corrected chi connectivity index (χ2v) is 5.29. The highest BCUT2D eigenvalue weighted by Crippen LogP contribution is 2.19. The molecule has 1 aromatic carbocycles. The molecule has 2 rings (SSSR count). The van der Waals surface area contributed by atoms with Gasteiger partial charge in [-0.05, 0) is 19.1 Å². The zero-order valence-corrected chi connectivity index (χ0v) is 12.4. The maximum absolute atomic E-state index is 13.4. The van der Waals surface area contributed by atoms with Crippen LogP contribution in [0.4, 0.5) is 4.39 Å². The smallest absolute Gasteiger partial charge is 0.251 e. The molecular weight excluding hydrogens is 291 g/mol. The topological polar surface area (TPSA) is 81.9 Å². The predicted octanol–water partition coefficient (Wildman–Crippen LogP) is 0.697. The maximum atomic E-state index is 13.4. The number of morpholine rings is 1. The second-order valence-electron chi connectivity index (χ2n) is 5.29. The molecule has 0 aromatic heterocycles. The largest absolute Gasteiger partial charge is 0.490 e. The Bertz CT molecular complexity index is 566. The van der Waals surface area contributed by atoms with E-state index in [4.69, 9.17) is 15.2 Å². The highest BCUT2D eigenvalue weighted by molar-refractivity contribution is 5.85. The summed E-state index contributed by atoms with van der Waals surface area (Å²) in [6.45, 7) is 2.37. The van der Waals surface area contributed by atoms with Crippen molar-refractivity contribution in [3.05, 3.63) is 30.1 Å². The van der Waals surface area contributed by atoms with Gasteiger partial charge in [-0.15, -0.1) is 0 Å². The number of amides is 2. The quantitative estimate of drug-likeness (QED) is 0.868. The molecular formula is C15H19FN2O4. The number of primary amides is 1. The van der Waals surface area contributed by atoms with E-state index >= 15 is 0 Å². The van der Waals surface area contributed by atoms with E-state index in [1.54, 1.807) is 19.1 Å². The van der Waals surface area contributed by atoms with E-state index in [-0.39, 0.29) is 37.8 Å². The molecule has 1 fully saturated rings. The third kappa shape index (κ3) is 3.73. The number of ether oxygens (including phenoxy) is 2. The van der Waals surface area contributed by atoms with Crippen LogP contribution in [0.2, 0.25) is 0 Å². The monoisotopic (exact) mass is 310 g/mol. The van der Waals surface area contributed by atoms with E-state index in [0.717, 1.165) is 0 Å². The Labute approximate surface area is 128 Å². The first kappa shape index (κ1) is 16.2. The van der Waals surface area contributed by atoms with Crippen molar-refractivity contribution in [3.63, 3.8) is 0 Å². The van der Waals surface area contributed by atoms with Crippen molar-refractivity contribution in [2.24, 2.45) is 5.73 Å². The molecule has 1 aliphatic heterocycles. The number of carbonyl (C=O) groups excluding carboxylic acids is 2. The van der Waals surface area contributed by atoms with Crippen LogP contribution in [0.15, 0.2) is 24.3 Å². The van der Waals surface area contributed by atoms with Gasteiger partial charge in [0.2, 0.25) is 5.91 Å². The van der Waals surface area contributed by atoms with E-state index in [9.17, 15) is 14.0 Å². The van der Waals surface area contributed by atoms with E-state index in [0.29, 0.717) is 6.54 Å². The molecule has 2 N–H and O–H groups in total. The number of nitrogens with zero attached hydrogens (tertiary/aromatic N) is 1. The van der Waals surface area contributed by atoms with E-state index in [1.165, 1.54) is 17.0 Å². The van der Waals surface area contributed by atoms with Gasteiger partial charge in [0.15, 0.2) is 17.2 Å². The fraction of sp³-hybridized carbons (Fsp3) is 0.467. The lowest BCUT2D eigenvalue weighted by molar-refractivity contribution is -0.160. The van der Waals surface area contributed by atoms with Crippen LogP contribution in [-0.2, 0) is 14.3 Å². The van der Waals surface area contributed by atoms with Gasteiger partial charge < -0.3 is 20.1 Å². The molecule has 0 spiro atoms. The Balaban J connectivity index is 1.85. The summed E-state index contributed by atoms with van der Waals surface area (Å²) in [7, 11) is 0. The van der Waals surface area contributed by atoms with Crippen molar-refractivity contribution < 1.29 is 23.5 Å². The van der Waals surface area contributed by atoms with E-state index < -0.39 is 17.3 Å². The number of benzene rings is 1. The van der Waals surface area contributed by atoms with Gasteiger partial charge in [-0.3, -0.25) is 9.59 Å². The summed E-state index contributed by atoms with van der Waals surface area (Å²) >= 11 is 0. The molecule has 1 heterocycles. The van der Waals surface area contributed by atoms with Crippen LogP contribution < -0.4 is 10.5 Å². The third-order valence-corrected chi connectivity index (χ3v) is 3.56. The van der Waals surface area contributed by atoms with Crippen LogP contribution in [0.3, 0.4) is 0 Å². The van der Waals surface area contributed by atoms with Crippen LogP contribution in [0.25, 0.3) is 0 Å². The Morgan fingerprint density at radius 3 is 2.86 bits per heavy atom. The normalized spacial score (nSPS) is 21.5. The lowest BCUT2D eigenvalue weighted by Gasteiger charge is -2.38. The zero-order chi connectivity index (χ0) is 16.2. The van der Waals surface area contributed by atoms with Gasteiger partial charge in [-0.25, -0.2) is 4.39 Å². The first-order valence-corrected chi connectivity index (χ1v) is 7.01. The number of carbonyl (C=O) groups is 2. The minimum Gasteiger partial charge on any atom is -0.490 e. The first-order valence-electron chi connectivity index (χ1n) is 7.01. The van der Waals surface area contributed by atoms with Crippen molar-refractivity contribution in [2.75, 3.05) is 26.3 Å². The standard InChI is InChI=1S/C15H19FN2O4/c1-15(14(17)20)10-18(7-9-22-15)13(19)6-8-21-12-5-3-2-4-11(12)16/h2-5H,6-10H2,1H3,(H2,17,20)/t15-/m1/s1. The highest BCUT2D eigenvalue weighted by Gasteiger charge is 2.39. The zero-order valence-electron chi connectivity index (χ0n) is 12.4. The number of rotatable bonds is 5. The third-order valence-electron chi connectivity index (χ3n) is 3.56. The minimum atomic E-state index is -1.17. The van der Waals surface area contributed by atoms with Crippen molar-refractivity contribution >= 4 is 11.8 Å². The number of para-hydroxylation sites is 1. The molecule has 1 aromatic rings. The highest BCUT2D eigenvalue weighted by atomic mass is 19.1. The minimum absolute atomic E-state index is 0.0599. The summed E-state index contributed by atoms with van der Waals surface area (Å²) in [6.07, 6.45) is 0.0865. The number of hydrogen-bond donors (Lipinski definition) is 1. The summed E-state index contributed by atoms with van der Waals surface area (Å²) in [5.74, 6) is -1.15. The summed E-state index contributed by atoms with van der Waals surface area (Å²) in [5, 5.41) is 0. The van der Waals surface area contributed by atoms with E-state index in [1.807, 2.05) is 0 Å². The maximum Gasteiger partial charge on any atom is 0.251 e. The molecule has 0 saturated carbocycles. The van der Waals surface area contributed by atoms with Crippen LogP contribution in [0, 0.1) is 5.82 Å². The van der Waals surface area contributed by atoms with Crippen molar-refractivity contribution in [2.45, 2.75) is 18.9 Å². The van der Waals surface area contributed by atoms with Crippen molar-refractivity contribution in [1.82, 2.24) is 4.90 Å². The van der Waals surface area contributed by atoms with Gasteiger partial charge in [0.25, 0.3) is 5.91 Å². The summed E-state index contributed by atoms with van der Waals surface area (Å²) < 4.78 is 24.0. The molecule has 2 amide bonds. The SMILES string of the molecule is C[C@]1(C(N)=O)CN(C(=O)CCOc2ccccc2F)CCO1. The van der Waals surface area contributed by atoms with Crippen molar-refractivity contribution in [1.29, 1.82) is 0 Å². The average molecular weight is 310 g/mol. The lowest BCUT2D eigenvalue weighted by Crippen LogP contribution is -2.58. The molecule has 6 nitrogen and oxygen atoms in total. The fourth-order valence-corrected chi connectivity index (χ4v) is 2.20. The van der Waals surface area contributed by atoms with Crippen LogP contribution in [0.5, 0.6) is 5.75 Å². The molecule has 1 saturated heterocycles. The van der Waals surface area contributed by atoms with Gasteiger partial charge in [0.1, 0.15) is 0 Å². The molecule has 0 unspecified atom stereocenters. The summed E-state index contributed by atoms with van der Waals surface area (Å²) in [5.41, 5.74) is 4.12. The fourth-order valence-electron chi connectivity index (χ4n) is 2.20. The van der Waals surface area contributed by atoms with Crippen LogP contribution in [0.1, 0.15) is 13.3 Å². The Morgan fingerprint density at radius 1 is 1.45 bits per heavy atom. The Morgan fingerprint density at radius 2 is 2.18 bits per heavy atom. The first-order chi connectivity index (χ1) is 10.4. The Hall–Kier alpha value is -2.15. The average Bonchev–Trinajstić information content (AvgIpc) is 2.49. The molecule has 1 aliphatic rings. The molecule has 22 heavy (non-hydrogen) atoms. The molecule has 120 valence electrons. The van der Waals surface area contributed by atoms with Gasteiger partial charge in [0.05, 0.1) is 26.2 Å². The number of halogens is 1. The van der Waals surface area contributed by atoms with Crippen molar-refractivity contribution in [3.8, 4) is 5.75 Å². The predicted molar refractivity (Wildman–Crippen MR) is 76.6 cm³/mol. The van der Waals surface area contributed by atoms with Gasteiger partial charge in [-0.2, -0.15) is 0 Å². The molecule has 0 radical (unpaired) electrons. The lowest BCUT2D eigenvalue weighted by atomic mass is 10.0. The number of nitrogens with two attached hydrogens (primary N) is 1. The summed E-state index contributed by atoms with van der Waals surface area (Å²) in [4.78, 5) is 25.0. The Kier molecular flexibility index (Phi) is 4.97. The summed E-state index contributed by atoms with van der Waals surface area (Å²) in [6, 6.07) is 6.00. The van der Waals surface area contributed by atoms with Crippen LogP contribution >= 0.6 is 0 Å². The second kappa shape index (κ2) is 6.74. The number of hydrogen-bond acceptors (Lipinski definition) is 4. The molecule has 1 atom stereocenters. The van der Waals surface area contributed by atoms with E-state index in [2.05, 4.69) is 0 Å². The molecule has 7 heteroatoms. The molecule has 0 aliphatic carbocycles. The van der Waals surface area contributed by atoms with Gasteiger partial charge >= 0.3 is 0 Å². The van der Waals surface area contributed by atoms with Gasteiger partial charge in [-0.1, -0.05) is 12.1 Å².